The Labute approximate surface area is 146 Å². The number of rotatable bonds is 5. The summed E-state index contributed by atoms with van der Waals surface area (Å²) in [6, 6.07) is 5.51. The van der Waals surface area contributed by atoms with Gasteiger partial charge in [-0.2, -0.15) is 0 Å². The highest BCUT2D eigenvalue weighted by Gasteiger charge is 2.23. The molecule has 1 saturated heterocycles. The number of piperidine rings is 1. The molecule has 0 aromatic heterocycles. The zero-order valence-corrected chi connectivity index (χ0v) is 14.4. The predicted molar refractivity (Wildman–Crippen MR) is 91.5 cm³/mol. The van der Waals surface area contributed by atoms with Crippen molar-refractivity contribution in [2.24, 2.45) is 11.7 Å². The molecular weight excluding hydrogens is 337 g/mol. The first-order chi connectivity index (χ1) is 11.0. The van der Waals surface area contributed by atoms with E-state index in [1.54, 1.807) is 11.0 Å². The number of hydrogen-bond acceptors (Lipinski definition) is 3. The largest absolute Gasteiger partial charge is 0.346 e. The second kappa shape index (κ2) is 8.52. The molecule has 23 heavy (non-hydrogen) atoms. The number of hydrogen-bond donors (Lipinski definition) is 2. The van der Waals surface area contributed by atoms with Gasteiger partial charge in [-0.3, -0.25) is 9.59 Å². The van der Waals surface area contributed by atoms with E-state index in [4.69, 9.17) is 28.9 Å². The minimum absolute atomic E-state index is 0.0147. The van der Waals surface area contributed by atoms with Crippen LogP contribution in [0.15, 0.2) is 18.2 Å². The lowest BCUT2D eigenvalue weighted by Crippen LogP contribution is -2.45. The van der Waals surface area contributed by atoms with E-state index in [9.17, 15) is 9.59 Å². The fraction of sp³-hybridized carbons (Fsp3) is 0.500. The molecule has 0 unspecified atom stereocenters. The standard InChI is InChI=1S/C16H21Cl2N3O2/c17-13-1-2-14(18)12(8-13)7-11-3-5-21(6-4-11)16(23)10-20-15(22)9-19/h1-2,8,11H,3-7,9-10,19H2,(H,20,22). The fourth-order valence-corrected chi connectivity index (χ4v) is 3.14. The summed E-state index contributed by atoms with van der Waals surface area (Å²) in [7, 11) is 0. The second-order valence-electron chi connectivity index (χ2n) is 5.74. The third-order valence-electron chi connectivity index (χ3n) is 4.11. The van der Waals surface area contributed by atoms with Crippen LogP contribution >= 0.6 is 23.2 Å². The number of likely N-dealkylation sites (tertiary alicyclic amines) is 1. The maximum Gasteiger partial charge on any atom is 0.241 e. The maximum absolute atomic E-state index is 12.0. The van der Waals surface area contributed by atoms with Gasteiger partial charge in [0.1, 0.15) is 0 Å². The molecule has 5 nitrogen and oxygen atoms in total. The third kappa shape index (κ3) is 5.37. The van der Waals surface area contributed by atoms with Gasteiger partial charge in [0.05, 0.1) is 13.1 Å². The highest BCUT2D eigenvalue weighted by atomic mass is 35.5. The minimum atomic E-state index is -0.316. The number of amides is 2. The van der Waals surface area contributed by atoms with Gasteiger partial charge in [-0.25, -0.2) is 0 Å². The molecule has 3 N–H and O–H groups in total. The summed E-state index contributed by atoms with van der Waals surface area (Å²) in [4.78, 5) is 24.9. The molecule has 2 rings (SSSR count). The quantitative estimate of drug-likeness (QED) is 0.844. The topological polar surface area (TPSA) is 75.4 Å². The van der Waals surface area contributed by atoms with Crippen LogP contribution in [0.25, 0.3) is 0 Å². The fourth-order valence-electron chi connectivity index (χ4n) is 2.76. The van der Waals surface area contributed by atoms with Gasteiger partial charge in [0, 0.05) is 23.1 Å². The first kappa shape index (κ1) is 18.0. The normalized spacial score (nSPS) is 15.5. The SMILES string of the molecule is NCC(=O)NCC(=O)N1CCC(Cc2cc(Cl)ccc2Cl)CC1. The van der Waals surface area contributed by atoms with E-state index in [2.05, 4.69) is 5.32 Å². The Balaban J connectivity index is 1.80. The van der Waals surface area contributed by atoms with Gasteiger partial charge in [-0.1, -0.05) is 23.2 Å². The number of nitrogens with one attached hydrogen (secondary N) is 1. The molecule has 1 heterocycles. The van der Waals surface area contributed by atoms with E-state index >= 15 is 0 Å². The molecule has 1 aliphatic rings. The van der Waals surface area contributed by atoms with Crippen molar-refractivity contribution in [2.75, 3.05) is 26.2 Å². The van der Waals surface area contributed by atoms with Crippen LogP contribution in [0.1, 0.15) is 18.4 Å². The van der Waals surface area contributed by atoms with Crippen LogP contribution in [0.3, 0.4) is 0 Å². The number of nitrogens with two attached hydrogens (primary N) is 1. The summed E-state index contributed by atoms with van der Waals surface area (Å²) >= 11 is 12.2. The van der Waals surface area contributed by atoms with Crippen molar-refractivity contribution in [1.82, 2.24) is 10.2 Å². The second-order valence-corrected chi connectivity index (χ2v) is 6.59. The smallest absolute Gasteiger partial charge is 0.241 e. The summed E-state index contributed by atoms with van der Waals surface area (Å²) < 4.78 is 0. The Kier molecular flexibility index (Phi) is 6.69. The minimum Gasteiger partial charge on any atom is -0.346 e. The van der Waals surface area contributed by atoms with Crippen molar-refractivity contribution in [1.29, 1.82) is 0 Å². The summed E-state index contributed by atoms with van der Waals surface area (Å²) in [5.41, 5.74) is 6.25. The molecule has 1 fully saturated rings. The Morgan fingerprint density at radius 3 is 2.61 bits per heavy atom. The Morgan fingerprint density at radius 1 is 1.26 bits per heavy atom. The van der Waals surface area contributed by atoms with Crippen LogP contribution in [0, 0.1) is 5.92 Å². The van der Waals surface area contributed by atoms with E-state index in [0.29, 0.717) is 24.0 Å². The van der Waals surface area contributed by atoms with Crippen LogP contribution in [0.2, 0.25) is 10.0 Å². The monoisotopic (exact) mass is 357 g/mol. The van der Waals surface area contributed by atoms with Crippen molar-refractivity contribution in [3.05, 3.63) is 33.8 Å². The zero-order valence-electron chi connectivity index (χ0n) is 12.9. The van der Waals surface area contributed by atoms with E-state index in [0.717, 1.165) is 29.8 Å². The summed E-state index contributed by atoms with van der Waals surface area (Å²) in [5.74, 6) is 0.100. The van der Waals surface area contributed by atoms with Crippen molar-refractivity contribution >= 4 is 35.0 Å². The molecule has 1 aromatic carbocycles. The summed E-state index contributed by atoms with van der Waals surface area (Å²) in [6.45, 7) is 1.30. The van der Waals surface area contributed by atoms with Gasteiger partial charge in [0.15, 0.2) is 0 Å². The Bertz CT molecular complexity index is 572. The van der Waals surface area contributed by atoms with Crippen molar-refractivity contribution in [3.8, 4) is 0 Å². The number of carbonyl (C=O) groups is 2. The molecule has 0 aliphatic carbocycles. The van der Waals surface area contributed by atoms with Gasteiger partial charge < -0.3 is 16.0 Å². The number of halogens is 2. The van der Waals surface area contributed by atoms with Crippen LogP contribution < -0.4 is 11.1 Å². The summed E-state index contributed by atoms with van der Waals surface area (Å²) in [5, 5.41) is 3.93. The molecule has 0 spiro atoms. The average molecular weight is 358 g/mol. The first-order valence-corrected chi connectivity index (χ1v) is 8.43. The number of nitrogens with zero attached hydrogens (tertiary/aromatic N) is 1. The lowest BCUT2D eigenvalue weighted by atomic mass is 9.90. The van der Waals surface area contributed by atoms with Crippen molar-refractivity contribution in [2.45, 2.75) is 19.3 Å². The van der Waals surface area contributed by atoms with Gasteiger partial charge in [-0.15, -0.1) is 0 Å². The molecule has 0 saturated carbocycles. The lowest BCUT2D eigenvalue weighted by molar-refractivity contribution is -0.133. The zero-order chi connectivity index (χ0) is 16.8. The van der Waals surface area contributed by atoms with E-state index in [1.807, 2.05) is 12.1 Å². The molecule has 126 valence electrons. The van der Waals surface area contributed by atoms with Crippen LogP contribution in [0.5, 0.6) is 0 Å². The van der Waals surface area contributed by atoms with Gasteiger partial charge in [-0.05, 0) is 48.9 Å². The molecule has 1 aliphatic heterocycles. The van der Waals surface area contributed by atoms with E-state index < -0.39 is 0 Å². The van der Waals surface area contributed by atoms with Gasteiger partial charge >= 0.3 is 0 Å². The molecule has 1 aromatic rings. The predicted octanol–water partition coefficient (Wildman–Crippen LogP) is 1.85. The Hall–Kier alpha value is -1.30. The van der Waals surface area contributed by atoms with Crippen molar-refractivity contribution < 1.29 is 9.59 Å². The van der Waals surface area contributed by atoms with Gasteiger partial charge in [0.25, 0.3) is 0 Å². The van der Waals surface area contributed by atoms with E-state index in [-0.39, 0.29) is 24.9 Å². The molecule has 0 bridgehead atoms. The number of carbonyl (C=O) groups excluding carboxylic acids is 2. The molecular formula is C16H21Cl2N3O2. The van der Waals surface area contributed by atoms with E-state index in [1.165, 1.54) is 0 Å². The molecule has 2 amide bonds. The molecule has 7 heteroatoms. The Morgan fingerprint density at radius 2 is 1.96 bits per heavy atom. The van der Waals surface area contributed by atoms with Crippen LogP contribution in [-0.2, 0) is 16.0 Å². The lowest BCUT2D eigenvalue weighted by Gasteiger charge is -2.32. The summed E-state index contributed by atoms with van der Waals surface area (Å²) in [6.07, 6.45) is 2.70. The third-order valence-corrected chi connectivity index (χ3v) is 4.71. The van der Waals surface area contributed by atoms with Crippen LogP contribution in [0.4, 0.5) is 0 Å². The molecule has 0 radical (unpaired) electrons. The highest BCUT2D eigenvalue weighted by Crippen LogP contribution is 2.27. The molecule has 0 atom stereocenters. The highest BCUT2D eigenvalue weighted by molar-refractivity contribution is 6.33. The van der Waals surface area contributed by atoms with Gasteiger partial charge in [0.2, 0.25) is 11.8 Å². The van der Waals surface area contributed by atoms with Crippen LogP contribution in [-0.4, -0.2) is 42.9 Å². The maximum atomic E-state index is 12.0. The average Bonchev–Trinajstić information content (AvgIpc) is 2.56. The first-order valence-electron chi connectivity index (χ1n) is 7.68. The number of benzene rings is 1. The van der Waals surface area contributed by atoms with Crippen molar-refractivity contribution in [3.63, 3.8) is 0 Å².